The Morgan fingerprint density at radius 2 is 2.23 bits per heavy atom. The van der Waals surface area contributed by atoms with Gasteiger partial charge in [0.1, 0.15) is 0 Å². The number of imidazole rings is 1. The van der Waals surface area contributed by atoms with E-state index in [4.69, 9.17) is 19.5 Å². The second-order valence-corrected chi connectivity index (χ2v) is 9.40. The SMILES string of the molecule is CC(=O)NCCSc1nc2c(=O)[nH]c(N)nc2n1[C@@H]1OC2CO[PH](O)(O)O[C@H]2C1O. The van der Waals surface area contributed by atoms with Gasteiger partial charge < -0.3 is 0 Å². The number of ether oxygens (including phenoxy) is 1. The van der Waals surface area contributed by atoms with Crippen LogP contribution in [0.25, 0.3) is 11.2 Å². The number of hydrogen-bond acceptors (Lipinski definition) is 12. The molecule has 7 N–H and O–H groups in total. The number of nitrogens with one attached hydrogen (secondary N) is 2. The van der Waals surface area contributed by atoms with Gasteiger partial charge in [0.25, 0.3) is 0 Å². The Morgan fingerprint density at radius 1 is 1.47 bits per heavy atom. The van der Waals surface area contributed by atoms with Gasteiger partial charge in [-0.3, -0.25) is 0 Å². The molecule has 0 spiro atoms. The number of aliphatic hydroxyl groups is 1. The molecule has 2 fully saturated rings. The maximum atomic E-state index is 12.3. The van der Waals surface area contributed by atoms with E-state index >= 15 is 0 Å². The molecule has 166 valence electrons. The molecule has 30 heavy (non-hydrogen) atoms. The van der Waals surface area contributed by atoms with Crippen molar-refractivity contribution in [2.45, 2.75) is 36.6 Å². The third kappa shape index (κ3) is 4.02. The van der Waals surface area contributed by atoms with Crippen LogP contribution in [0.4, 0.5) is 5.95 Å². The van der Waals surface area contributed by atoms with Crippen molar-refractivity contribution in [3.8, 4) is 0 Å². The van der Waals surface area contributed by atoms with Crippen LogP contribution in [0.3, 0.4) is 0 Å². The predicted molar refractivity (Wildman–Crippen MR) is 105 cm³/mol. The molecule has 2 aromatic rings. The number of rotatable bonds is 5. The van der Waals surface area contributed by atoms with Crippen LogP contribution in [0, 0.1) is 0 Å². The number of carbonyl (C=O) groups excluding carboxylic acids is 1. The Labute approximate surface area is 173 Å². The van der Waals surface area contributed by atoms with Crippen LogP contribution in [-0.4, -0.2) is 77.5 Å². The molecular weight excluding hydrogens is 443 g/mol. The van der Waals surface area contributed by atoms with Crippen molar-refractivity contribution in [3.05, 3.63) is 10.4 Å². The molecular formula is C14H21N6O8PS. The van der Waals surface area contributed by atoms with Crippen molar-refractivity contribution in [2.75, 3.05) is 24.6 Å². The van der Waals surface area contributed by atoms with E-state index in [1.54, 1.807) is 0 Å². The van der Waals surface area contributed by atoms with E-state index in [2.05, 4.69) is 20.3 Å². The first-order valence-electron chi connectivity index (χ1n) is 8.91. The molecule has 0 aliphatic carbocycles. The van der Waals surface area contributed by atoms with Crippen molar-refractivity contribution in [3.63, 3.8) is 0 Å². The molecule has 4 atom stereocenters. The number of thioether (sulfide) groups is 1. The molecule has 1 amide bonds. The molecule has 2 aromatic heterocycles. The molecule has 4 rings (SSSR count). The first-order valence-corrected chi connectivity index (χ1v) is 11.6. The third-order valence-corrected chi connectivity index (χ3v) is 6.61. The predicted octanol–water partition coefficient (Wildman–Crippen LogP) is -2.00. The number of aromatic amines is 1. The molecule has 4 heterocycles. The standard InChI is InChI=1S/C14H21N6O8PS/c1-5(21)16-2-3-30-14-17-7-10(18-13(15)19-11(7)23)20(14)12-8(22)9-6(27-12)4-26-29(24,25)28-9/h6,8-9,12,22,24-25,29H,2-4H2,1H3,(H,16,21)(H3,15,18,19,23)/t6?,8?,9-,12-/m1/s1. The van der Waals surface area contributed by atoms with Crippen molar-refractivity contribution in [1.29, 1.82) is 0 Å². The first-order chi connectivity index (χ1) is 14.2. The number of nitrogen functional groups attached to an aromatic ring is 1. The summed E-state index contributed by atoms with van der Waals surface area (Å²) in [7, 11) is -4.36. The molecule has 0 saturated carbocycles. The quantitative estimate of drug-likeness (QED) is 0.161. The number of anilines is 1. The zero-order valence-electron chi connectivity index (χ0n) is 15.6. The van der Waals surface area contributed by atoms with Gasteiger partial charge in [0.2, 0.25) is 0 Å². The molecule has 14 nitrogen and oxygen atoms in total. The fourth-order valence-corrected chi connectivity index (χ4v) is 5.26. The van der Waals surface area contributed by atoms with Crippen LogP contribution in [0.15, 0.2) is 9.95 Å². The van der Waals surface area contributed by atoms with Gasteiger partial charge >= 0.3 is 173 Å². The van der Waals surface area contributed by atoms with Crippen LogP contribution < -0.4 is 16.6 Å². The van der Waals surface area contributed by atoms with Gasteiger partial charge in [0, 0.05) is 0 Å². The van der Waals surface area contributed by atoms with E-state index in [0.29, 0.717) is 17.5 Å². The minimum atomic E-state index is -4.36. The monoisotopic (exact) mass is 464 g/mol. The average Bonchev–Trinajstić information content (AvgIpc) is 3.16. The van der Waals surface area contributed by atoms with Gasteiger partial charge in [0.15, 0.2) is 0 Å². The Bertz CT molecular complexity index is 1030. The van der Waals surface area contributed by atoms with E-state index in [1.807, 2.05) is 0 Å². The molecule has 2 unspecified atom stereocenters. The van der Waals surface area contributed by atoms with Crippen molar-refractivity contribution in [2.24, 2.45) is 0 Å². The fourth-order valence-electron chi connectivity index (χ4n) is 3.30. The Morgan fingerprint density at radius 3 is 2.97 bits per heavy atom. The topological polar surface area (TPSA) is 207 Å². The van der Waals surface area contributed by atoms with Gasteiger partial charge in [-0.2, -0.15) is 0 Å². The third-order valence-electron chi connectivity index (χ3n) is 4.53. The fraction of sp³-hybridized carbons (Fsp3) is 0.571. The number of amides is 1. The number of H-pyrrole nitrogens is 1. The van der Waals surface area contributed by atoms with Crippen molar-refractivity contribution < 1.29 is 33.5 Å². The number of fused-ring (bicyclic) bond motifs is 2. The van der Waals surface area contributed by atoms with Gasteiger partial charge in [-0.05, 0) is 0 Å². The number of hydrogen-bond donors (Lipinski definition) is 6. The number of nitrogens with zero attached hydrogens (tertiary/aromatic N) is 3. The summed E-state index contributed by atoms with van der Waals surface area (Å²) in [5, 5.41) is 13.7. The number of aromatic nitrogens is 4. The number of carbonyl (C=O) groups is 1. The number of aliphatic hydroxyl groups excluding tert-OH is 1. The summed E-state index contributed by atoms with van der Waals surface area (Å²) in [6.45, 7) is 1.55. The van der Waals surface area contributed by atoms with E-state index in [-0.39, 0.29) is 29.6 Å². The molecule has 2 aliphatic rings. The summed E-state index contributed by atoms with van der Waals surface area (Å²) in [6.07, 6.45) is -4.27. The molecule has 0 radical (unpaired) electrons. The van der Waals surface area contributed by atoms with Crippen LogP contribution in [0.5, 0.6) is 0 Å². The summed E-state index contributed by atoms with van der Waals surface area (Å²) in [4.78, 5) is 53.5. The van der Waals surface area contributed by atoms with Gasteiger partial charge in [0.05, 0.1) is 0 Å². The van der Waals surface area contributed by atoms with E-state index in [0.717, 1.165) is 0 Å². The maximum absolute atomic E-state index is 12.3. The number of nitrogens with two attached hydrogens (primary N) is 1. The first kappa shape index (κ1) is 21.4. The Balaban J connectivity index is 1.70. The molecule has 2 saturated heterocycles. The van der Waals surface area contributed by atoms with Gasteiger partial charge in [-0.1, -0.05) is 0 Å². The van der Waals surface area contributed by atoms with E-state index < -0.39 is 38.3 Å². The Hall–Kier alpha value is -1.84. The Kier molecular flexibility index (Phi) is 5.71. The zero-order chi connectivity index (χ0) is 21.6. The normalized spacial score (nSPS) is 28.9. The second kappa shape index (κ2) is 8.01. The summed E-state index contributed by atoms with van der Waals surface area (Å²) < 4.78 is 17.2. The summed E-state index contributed by atoms with van der Waals surface area (Å²) in [6, 6.07) is 0. The van der Waals surface area contributed by atoms with Crippen LogP contribution in [0.1, 0.15) is 13.2 Å². The molecule has 16 heteroatoms. The summed E-state index contributed by atoms with van der Waals surface area (Å²) >= 11 is 1.20. The summed E-state index contributed by atoms with van der Waals surface area (Å²) in [5.41, 5.74) is 5.17. The van der Waals surface area contributed by atoms with E-state index in [9.17, 15) is 24.5 Å². The van der Waals surface area contributed by atoms with Gasteiger partial charge in [-0.25, -0.2) is 0 Å². The average molecular weight is 464 g/mol. The second-order valence-electron chi connectivity index (χ2n) is 6.72. The van der Waals surface area contributed by atoms with Crippen LogP contribution in [-0.2, 0) is 18.6 Å². The van der Waals surface area contributed by atoms with E-state index in [1.165, 1.54) is 23.3 Å². The minimum absolute atomic E-state index is 0.0119. The van der Waals surface area contributed by atoms with Crippen molar-refractivity contribution in [1.82, 2.24) is 24.8 Å². The van der Waals surface area contributed by atoms with Crippen LogP contribution in [0.2, 0.25) is 0 Å². The molecule has 2 aliphatic heterocycles. The summed E-state index contributed by atoms with van der Waals surface area (Å²) in [5.74, 6) is 0.0750. The zero-order valence-corrected chi connectivity index (χ0v) is 17.5. The molecule has 0 bridgehead atoms. The molecule has 0 aromatic carbocycles. The van der Waals surface area contributed by atoms with Crippen molar-refractivity contribution >= 4 is 43.0 Å². The van der Waals surface area contributed by atoms with Crippen LogP contribution >= 0.6 is 19.9 Å². The van der Waals surface area contributed by atoms with Gasteiger partial charge in [-0.15, -0.1) is 0 Å².